The molecule has 106 valence electrons. The Labute approximate surface area is 123 Å². The van der Waals surface area contributed by atoms with E-state index in [1.165, 1.54) is 5.56 Å². The molecule has 0 aromatic carbocycles. The fourth-order valence-electron chi connectivity index (χ4n) is 1.70. The molecule has 0 aliphatic carbocycles. The zero-order valence-corrected chi connectivity index (χ0v) is 12.4. The first-order valence-corrected chi connectivity index (χ1v) is 7.72. The fraction of sp³-hybridized carbons (Fsp3) is 0.333. The second-order valence-corrected chi connectivity index (χ2v) is 5.61. The Balaban J connectivity index is 1.89. The van der Waals surface area contributed by atoms with E-state index in [1.807, 2.05) is 31.3 Å². The Morgan fingerprint density at radius 2 is 2.15 bits per heavy atom. The highest BCUT2D eigenvalue weighted by Gasteiger charge is 1.99. The zero-order chi connectivity index (χ0) is 14.2. The van der Waals surface area contributed by atoms with Crippen molar-refractivity contribution < 1.29 is 5.11 Å². The van der Waals surface area contributed by atoms with Gasteiger partial charge in [-0.1, -0.05) is 6.07 Å². The van der Waals surface area contributed by atoms with Crippen molar-refractivity contribution in [1.82, 2.24) is 9.97 Å². The van der Waals surface area contributed by atoms with E-state index in [4.69, 9.17) is 5.11 Å². The molecule has 4 nitrogen and oxygen atoms in total. The van der Waals surface area contributed by atoms with Gasteiger partial charge in [0.2, 0.25) is 0 Å². The maximum atomic E-state index is 8.78. The monoisotopic (exact) mass is 289 g/mol. The molecule has 0 unspecified atom stereocenters. The summed E-state index contributed by atoms with van der Waals surface area (Å²) in [6.45, 7) is 2.92. The van der Waals surface area contributed by atoms with Crippen LogP contribution in [-0.2, 0) is 12.3 Å². The molecule has 0 spiro atoms. The molecule has 0 bridgehead atoms. The second-order valence-electron chi connectivity index (χ2n) is 4.51. The number of aryl methyl sites for hydroxylation is 1. The summed E-state index contributed by atoms with van der Waals surface area (Å²) in [5.41, 5.74) is 3.37. The first-order chi connectivity index (χ1) is 9.78. The van der Waals surface area contributed by atoms with E-state index < -0.39 is 0 Å². The molecule has 2 aromatic heterocycles. The van der Waals surface area contributed by atoms with Crippen molar-refractivity contribution in [3.8, 4) is 0 Å². The Hall–Kier alpha value is -1.59. The van der Waals surface area contributed by atoms with Crippen molar-refractivity contribution in [1.29, 1.82) is 0 Å². The number of aliphatic hydroxyl groups is 1. The summed E-state index contributed by atoms with van der Waals surface area (Å²) < 4.78 is 0. The predicted octanol–water partition coefficient (Wildman–Crippen LogP) is 2.62. The maximum Gasteiger partial charge on any atom is 0.126 e. The number of aliphatic hydroxyl groups excluding tert-OH is 1. The predicted molar refractivity (Wildman–Crippen MR) is 83.8 cm³/mol. The van der Waals surface area contributed by atoms with Crippen molar-refractivity contribution >= 4 is 17.6 Å². The molecule has 0 aliphatic heterocycles. The van der Waals surface area contributed by atoms with Crippen LogP contribution in [0, 0.1) is 6.92 Å². The first-order valence-electron chi connectivity index (χ1n) is 6.57. The van der Waals surface area contributed by atoms with E-state index in [1.54, 1.807) is 18.0 Å². The Kier molecular flexibility index (Phi) is 5.83. The number of rotatable bonds is 7. The highest BCUT2D eigenvalue weighted by Crippen LogP contribution is 2.14. The van der Waals surface area contributed by atoms with Gasteiger partial charge in [-0.15, -0.1) is 0 Å². The highest BCUT2D eigenvalue weighted by atomic mass is 32.2. The summed E-state index contributed by atoms with van der Waals surface area (Å²) in [6, 6.07) is 8.11. The van der Waals surface area contributed by atoms with Gasteiger partial charge in [0.25, 0.3) is 0 Å². The van der Waals surface area contributed by atoms with Gasteiger partial charge in [0, 0.05) is 23.9 Å². The number of aromatic nitrogens is 2. The summed E-state index contributed by atoms with van der Waals surface area (Å²) in [7, 11) is 0. The molecule has 0 saturated heterocycles. The molecular weight excluding hydrogens is 270 g/mol. The van der Waals surface area contributed by atoms with E-state index in [9.17, 15) is 0 Å². The Morgan fingerprint density at radius 1 is 1.25 bits per heavy atom. The minimum absolute atomic E-state index is 0.222. The van der Waals surface area contributed by atoms with Crippen LogP contribution >= 0.6 is 11.8 Å². The molecule has 20 heavy (non-hydrogen) atoms. The van der Waals surface area contributed by atoms with Crippen molar-refractivity contribution in [3.63, 3.8) is 0 Å². The van der Waals surface area contributed by atoms with Crippen molar-refractivity contribution in [2.24, 2.45) is 0 Å². The molecule has 2 heterocycles. The molecule has 5 heteroatoms. The number of anilines is 1. The summed E-state index contributed by atoms with van der Waals surface area (Å²) in [6.07, 6.45) is 3.67. The lowest BCUT2D eigenvalue weighted by atomic mass is 10.2. The van der Waals surface area contributed by atoms with Crippen molar-refractivity contribution in [3.05, 3.63) is 53.5 Å². The number of hydrogen-bond donors (Lipinski definition) is 2. The lowest BCUT2D eigenvalue weighted by molar-refractivity contribution is 0.322. The van der Waals surface area contributed by atoms with E-state index in [0.29, 0.717) is 6.54 Å². The number of hydrogen-bond acceptors (Lipinski definition) is 5. The minimum Gasteiger partial charge on any atom is -0.396 e. The normalized spacial score (nSPS) is 10.5. The average molecular weight is 289 g/mol. The maximum absolute atomic E-state index is 8.78. The van der Waals surface area contributed by atoms with Crippen LogP contribution in [0.3, 0.4) is 0 Å². The SMILES string of the molecule is Cc1ccc(CNc2cc(CSCCO)ccn2)nc1. The fourth-order valence-corrected chi connectivity index (χ4v) is 2.39. The van der Waals surface area contributed by atoms with Crippen LogP contribution in [0.15, 0.2) is 36.7 Å². The summed E-state index contributed by atoms with van der Waals surface area (Å²) in [4.78, 5) is 8.66. The largest absolute Gasteiger partial charge is 0.396 e. The van der Waals surface area contributed by atoms with Crippen LogP contribution in [0.1, 0.15) is 16.8 Å². The van der Waals surface area contributed by atoms with Crippen LogP contribution in [0.5, 0.6) is 0 Å². The minimum atomic E-state index is 0.222. The second kappa shape index (κ2) is 7.87. The molecule has 2 rings (SSSR count). The van der Waals surface area contributed by atoms with Gasteiger partial charge in [-0.25, -0.2) is 4.98 Å². The molecule has 0 fully saturated rings. The number of pyridine rings is 2. The smallest absolute Gasteiger partial charge is 0.126 e. The summed E-state index contributed by atoms with van der Waals surface area (Å²) in [5.74, 6) is 2.51. The van der Waals surface area contributed by atoms with Crippen molar-refractivity contribution in [2.45, 2.75) is 19.2 Å². The number of thioether (sulfide) groups is 1. The molecule has 0 amide bonds. The number of nitrogens with one attached hydrogen (secondary N) is 1. The summed E-state index contributed by atoms with van der Waals surface area (Å²) >= 11 is 1.71. The van der Waals surface area contributed by atoms with Crippen LogP contribution in [0.2, 0.25) is 0 Å². The highest BCUT2D eigenvalue weighted by molar-refractivity contribution is 7.98. The van der Waals surface area contributed by atoms with E-state index in [2.05, 4.69) is 21.4 Å². The first kappa shape index (κ1) is 14.8. The van der Waals surface area contributed by atoms with Gasteiger partial charge < -0.3 is 10.4 Å². The average Bonchev–Trinajstić information content (AvgIpc) is 2.47. The Morgan fingerprint density at radius 3 is 2.90 bits per heavy atom. The number of nitrogens with zero attached hydrogens (tertiary/aromatic N) is 2. The quantitative estimate of drug-likeness (QED) is 0.767. The summed E-state index contributed by atoms with van der Waals surface area (Å²) in [5, 5.41) is 12.1. The van der Waals surface area contributed by atoms with Gasteiger partial charge >= 0.3 is 0 Å². The van der Waals surface area contributed by atoms with Gasteiger partial charge in [0.15, 0.2) is 0 Å². The van der Waals surface area contributed by atoms with E-state index >= 15 is 0 Å². The zero-order valence-electron chi connectivity index (χ0n) is 11.5. The topological polar surface area (TPSA) is 58.0 Å². The molecule has 0 aliphatic rings. The van der Waals surface area contributed by atoms with Crippen LogP contribution in [-0.4, -0.2) is 27.4 Å². The van der Waals surface area contributed by atoms with Crippen LogP contribution in [0.4, 0.5) is 5.82 Å². The van der Waals surface area contributed by atoms with E-state index in [0.717, 1.165) is 28.6 Å². The van der Waals surface area contributed by atoms with Gasteiger partial charge in [0.1, 0.15) is 5.82 Å². The Bertz CT molecular complexity index is 531. The third kappa shape index (κ3) is 4.83. The molecule has 0 radical (unpaired) electrons. The molecule has 2 N–H and O–H groups in total. The molecule has 2 aromatic rings. The van der Waals surface area contributed by atoms with E-state index in [-0.39, 0.29) is 6.61 Å². The van der Waals surface area contributed by atoms with Gasteiger partial charge in [0.05, 0.1) is 18.8 Å². The molecular formula is C15H19N3OS. The van der Waals surface area contributed by atoms with Gasteiger partial charge in [-0.05, 0) is 36.2 Å². The lowest BCUT2D eigenvalue weighted by Crippen LogP contribution is -2.03. The standard InChI is InChI=1S/C15H19N3OS/c1-12-2-3-14(17-9-12)10-18-15-8-13(4-5-16-15)11-20-7-6-19/h2-5,8-9,19H,6-7,10-11H2,1H3,(H,16,18). The van der Waals surface area contributed by atoms with Crippen LogP contribution < -0.4 is 5.32 Å². The van der Waals surface area contributed by atoms with Crippen molar-refractivity contribution in [2.75, 3.05) is 17.7 Å². The molecule has 0 saturated carbocycles. The van der Waals surface area contributed by atoms with Crippen LogP contribution in [0.25, 0.3) is 0 Å². The molecule has 0 atom stereocenters. The third-order valence-corrected chi connectivity index (χ3v) is 3.76. The van der Waals surface area contributed by atoms with Gasteiger partial charge in [-0.2, -0.15) is 11.8 Å². The van der Waals surface area contributed by atoms with Gasteiger partial charge in [-0.3, -0.25) is 4.98 Å². The lowest BCUT2D eigenvalue weighted by Gasteiger charge is -2.07. The third-order valence-electron chi connectivity index (χ3n) is 2.75.